The van der Waals surface area contributed by atoms with Gasteiger partial charge in [-0.2, -0.15) is 0 Å². The van der Waals surface area contributed by atoms with Crippen LogP contribution in [0.4, 0.5) is 0 Å². The quantitative estimate of drug-likeness (QED) is 0.173. The summed E-state index contributed by atoms with van der Waals surface area (Å²) >= 11 is 15.9. The molecule has 0 spiro atoms. The predicted octanol–water partition coefficient (Wildman–Crippen LogP) is 10.7. The van der Waals surface area contributed by atoms with Gasteiger partial charge >= 0.3 is 0 Å². The smallest absolute Gasteiger partial charge is 0.141 e. The highest BCUT2D eigenvalue weighted by molar-refractivity contribution is 9.11. The van der Waals surface area contributed by atoms with Gasteiger partial charge in [0, 0.05) is 68.2 Å². The summed E-state index contributed by atoms with van der Waals surface area (Å²) in [4.78, 5) is 0. The van der Waals surface area contributed by atoms with Gasteiger partial charge in [-0.15, -0.1) is 0 Å². The minimum atomic E-state index is -0.143. The summed E-state index contributed by atoms with van der Waals surface area (Å²) in [5.41, 5.74) is 8.22. The fraction of sp³-hybridized carbons (Fsp3) is 0.400. The minimum Gasteiger partial charge on any atom is -0.488 e. The summed E-state index contributed by atoms with van der Waals surface area (Å²) < 4.78 is 55.5. The maximum Gasteiger partial charge on any atom is 0.141 e. The van der Waals surface area contributed by atoms with Crippen LogP contribution in [-0.4, -0.2) is 52.9 Å². The Morgan fingerprint density at radius 1 is 0.308 bits per heavy atom. The van der Waals surface area contributed by atoms with Gasteiger partial charge in [0.25, 0.3) is 0 Å². The zero-order chi connectivity index (χ0) is 36.0. The van der Waals surface area contributed by atoms with Crippen molar-refractivity contribution in [3.8, 4) is 46.0 Å². The molecule has 0 amide bonds. The lowest BCUT2D eigenvalue weighted by atomic mass is 9.80. The normalized spacial score (nSPS) is 22.5. The summed E-state index contributed by atoms with van der Waals surface area (Å²) in [6.07, 6.45) is 0. The number of hydrogen-bond donors (Lipinski definition) is 0. The average molecular weight is 964 g/mol. The number of benzene rings is 4. The van der Waals surface area contributed by atoms with E-state index >= 15 is 0 Å². The van der Waals surface area contributed by atoms with E-state index in [0.717, 1.165) is 108 Å². The minimum absolute atomic E-state index is 0.143. The second kappa shape index (κ2) is 13.5. The third-order valence-corrected chi connectivity index (χ3v) is 13.9. The van der Waals surface area contributed by atoms with Crippen LogP contribution in [0.3, 0.4) is 0 Å². The van der Waals surface area contributed by atoms with Gasteiger partial charge in [0.05, 0.1) is 0 Å². The van der Waals surface area contributed by atoms with Crippen LogP contribution in [-0.2, 0) is 0 Å². The number of ether oxygens (including phenoxy) is 8. The van der Waals surface area contributed by atoms with E-state index in [2.05, 4.69) is 116 Å². The van der Waals surface area contributed by atoms with E-state index in [4.69, 9.17) is 37.9 Å². The highest BCUT2D eigenvalue weighted by atomic mass is 79.9. The van der Waals surface area contributed by atoms with Crippen molar-refractivity contribution in [1.29, 1.82) is 0 Å². The van der Waals surface area contributed by atoms with Crippen LogP contribution in [0.2, 0.25) is 0 Å². The van der Waals surface area contributed by atoms with E-state index < -0.39 is 0 Å². The molecule has 8 bridgehead atoms. The molecule has 0 aromatic heterocycles. The Labute approximate surface area is 336 Å². The molecule has 0 radical (unpaired) electrons. The molecule has 0 atom stereocenters. The first-order valence-corrected chi connectivity index (χ1v) is 20.8. The first-order chi connectivity index (χ1) is 25.2. The molecule has 9 rings (SSSR count). The van der Waals surface area contributed by atoms with Crippen molar-refractivity contribution >= 4 is 63.7 Å². The topological polar surface area (TPSA) is 73.8 Å². The predicted molar refractivity (Wildman–Crippen MR) is 211 cm³/mol. The lowest BCUT2D eigenvalue weighted by Gasteiger charge is -2.29. The first-order valence-electron chi connectivity index (χ1n) is 17.6. The lowest BCUT2D eigenvalue weighted by molar-refractivity contribution is 0.201. The van der Waals surface area contributed by atoms with Gasteiger partial charge in [0.2, 0.25) is 0 Å². The van der Waals surface area contributed by atoms with Crippen molar-refractivity contribution in [2.75, 3.05) is 52.9 Å². The molecule has 12 heteroatoms. The molecule has 272 valence electrons. The molecule has 0 saturated heterocycles. The molecular weight excluding hydrogens is 928 g/mol. The van der Waals surface area contributed by atoms with Crippen LogP contribution >= 0.6 is 63.7 Å². The van der Waals surface area contributed by atoms with Crippen molar-refractivity contribution < 1.29 is 37.9 Å². The Hall–Kier alpha value is -2.80. The van der Waals surface area contributed by atoms with Crippen molar-refractivity contribution in [2.45, 2.75) is 51.4 Å². The summed E-state index contributed by atoms with van der Waals surface area (Å²) in [5.74, 6) is 5.41. The fourth-order valence-corrected chi connectivity index (χ4v) is 10.9. The highest BCUT2D eigenvalue weighted by Gasteiger charge is 2.37. The average Bonchev–Trinajstić information content (AvgIpc) is 3.32. The van der Waals surface area contributed by atoms with Crippen LogP contribution in [0.15, 0.2) is 42.2 Å². The Balaban J connectivity index is 1.44. The number of rotatable bonds is 0. The highest BCUT2D eigenvalue weighted by Crippen LogP contribution is 2.57. The molecule has 1 aliphatic carbocycles. The molecular formula is C40H36Br4O8. The zero-order valence-corrected chi connectivity index (χ0v) is 35.4. The monoisotopic (exact) mass is 960 g/mol. The molecule has 0 saturated carbocycles. The Kier molecular flexibility index (Phi) is 9.07. The van der Waals surface area contributed by atoms with Gasteiger partial charge in [-0.25, -0.2) is 0 Å². The Morgan fingerprint density at radius 3 is 0.577 bits per heavy atom. The van der Waals surface area contributed by atoms with Crippen LogP contribution in [0.5, 0.6) is 46.0 Å². The van der Waals surface area contributed by atoms with E-state index in [1.54, 1.807) is 0 Å². The van der Waals surface area contributed by atoms with Gasteiger partial charge in [-0.3, -0.25) is 0 Å². The molecule has 4 heterocycles. The maximum atomic E-state index is 6.55. The summed E-state index contributed by atoms with van der Waals surface area (Å²) in [6.45, 7) is 11.6. The van der Waals surface area contributed by atoms with E-state index in [0.29, 0.717) is 52.9 Å². The van der Waals surface area contributed by atoms with Crippen molar-refractivity contribution in [1.82, 2.24) is 0 Å². The van der Waals surface area contributed by atoms with Crippen molar-refractivity contribution in [2.24, 2.45) is 0 Å². The molecule has 4 aromatic rings. The van der Waals surface area contributed by atoms with Gasteiger partial charge in [-0.1, -0.05) is 27.7 Å². The van der Waals surface area contributed by atoms with E-state index in [9.17, 15) is 0 Å². The van der Waals surface area contributed by atoms with Gasteiger partial charge in [0.1, 0.15) is 117 Å². The molecule has 4 aromatic carbocycles. The van der Waals surface area contributed by atoms with Gasteiger partial charge in [0.15, 0.2) is 0 Å². The molecule has 0 N–H and O–H groups in total. The first kappa shape index (κ1) is 34.9. The van der Waals surface area contributed by atoms with E-state index in [1.807, 2.05) is 0 Å². The molecule has 8 nitrogen and oxygen atoms in total. The van der Waals surface area contributed by atoms with Gasteiger partial charge in [-0.05, 0) is 88.0 Å². The molecule has 0 fully saturated rings. The van der Waals surface area contributed by atoms with Crippen molar-refractivity contribution in [3.05, 3.63) is 86.7 Å². The molecule has 4 aliphatic heterocycles. The number of halogens is 4. The maximum absolute atomic E-state index is 6.55. The van der Waals surface area contributed by atoms with E-state index in [1.165, 1.54) is 0 Å². The lowest BCUT2D eigenvalue weighted by Crippen LogP contribution is -2.13. The number of hydrogen-bond acceptors (Lipinski definition) is 8. The Bertz CT molecular complexity index is 1720. The Morgan fingerprint density at radius 2 is 0.442 bits per heavy atom. The SMILES string of the molecule is CC1c2cc3c4c(Br)c2OCCOc2c1cc1c(c2Br)OCCOc2c(cc5c(c2Br)OCCOc2c(cc(c(c2Br)OCCO4)C3C)C5C)C1C. The van der Waals surface area contributed by atoms with E-state index in [-0.39, 0.29) is 23.7 Å². The van der Waals surface area contributed by atoms with Crippen LogP contribution < -0.4 is 37.9 Å². The largest absolute Gasteiger partial charge is 0.488 e. The summed E-state index contributed by atoms with van der Waals surface area (Å²) in [5, 5.41) is 0. The third-order valence-electron chi connectivity index (χ3n) is 11.0. The summed E-state index contributed by atoms with van der Waals surface area (Å²) in [7, 11) is 0. The van der Waals surface area contributed by atoms with Gasteiger partial charge < -0.3 is 37.9 Å². The van der Waals surface area contributed by atoms with Crippen LogP contribution in [0, 0.1) is 0 Å². The fourth-order valence-electron chi connectivity index (χ4n) is 8.19. The third kappa shape index (κ3) is 5.35. The second-order valence-electron chi connectivity index (χ2n) is 13.8. The van der Waals surface area contributed by atoms with Crippen LogP contribution in [0.25, 0.3) is 0 Å². The zero-order valence-electron chi connectivity index (χ0n) is 29.1. The van der Waals surface area contributed by atoms with Crippen molar-refractivity contribution in [3.63, 3.8) is 0 Å². The molecule has 5 aliphatic rings. The second-order valence-corrected chi connectivity index (χ2v) is 17.0. The molecule has 0 unspecified atom stereocenters. The van der Waals surface area contributed by atoms with Crippen LogP contribution in [0.1, 0.15) is 95.9 Å². The standard InChI is InChI=1S/C40H36Br4O8/c1-17-21-13-23-18(2)25-15-27-20(4)28-16-26-19(3)24-14-22(17)34-30(42)36(24)48-8-10-50-38(26)32(44)40(28)52-12-11-51-39(27)31(43)37(25)49-9-7-47-35(23)29(41)33(21)45-5-6-46-34/h13-20H,5-12H2,1-4H3. The summed E-state index contributed by atoms with van der Waals surface area (Å²) in [6, 6.07) is 9.01. The molecule has 52 heavy (non-hydrogen) atoms.